The molecule has 0 radical (unpaired) electrons. The molecule has 1 aromatic heterocycles. The van der Waals surface area contributed by atoms with Crippen LogP contribution in [0.1, 0.15) is 32.6 Å². The highest BCUT2D eigenvalue weighted by molar-refractivity contribution is 7.99. The summed E-state index contributed by atoms with van der Waals surface area (Å²) in [5.41, 5.74) is 1.25. The monoisotopic (exact) mass is 469 g/mol. The fraction of sp³-hybridized carbons (Fsp3) is 0.227. The van der Waals surface area contributed by atoms with Crippen LogP contribution in [-0.2, 0) is 16.6 Å². The van der Waals surface area contributed by atoms with E-state index in [1.807, 2.05) is 0 Å². The highest BCUT2D eigenvalue weighted by atomic mass is 32.2. The molecule has 0 aliphatic rings. The van der Waals surface area contributed by atoms with Gasteiger partial charge in [0.1, 0.15) is 6.04 Å². The summed E-state index contributed by atoms with van der Waals surface area (Å²) in [6, 6.07) is 14.3. The predicted molar refractivity (Wildman–Crippen MR) is 122 cm³/mol. The lowest BCUT2D eigenvalue weighted by atomic mass is 10.2. The second-order valence-corrected chi connectivity index (χ2v) is 7.83. The van der Waals surface area contributed by atoms with Crippen molar-refractivity contribution in [2.75, 3.05) is 24.8 Å². The molecule has 0 unspecified atom stereocenters. The van der Waals surface area contributed by atoms with Gasteiger partial charge in [0.15, 0.2) is 11.0 Å². The molecule has 33 heavy (non-hydrogen) atoms. The molecule has 0 aliphatic carbocycles. The van der Waals surface area contributed by atoms with Crippen LogP contribution < -0.4 is 10.6 Å². The van der Waals surface area contributed by atoms with E-state index in [9.17, 15) is 19.5 Å². The third-order valence-electron chi connectivity index (χ3n) is 4.60. The first-order valence-electron chi connectivity index (χ1n) is 9.90. The summed E-state index contributed by atoms with van der Waals surface area (Å²) in [6.45, 7) is -0.369. The Morgan fingerprint density at radius 3 is 2.52 bits per heavy atom. The zero-order valence-electron chi connectivity index (χ0n) is 18.0. The van der Waals surface area contributed by atoms with E-state index in [1.165, 1.54) is 13.2 Å². The molecule has 1 atom stereocenters. The van der Waals surface area contributed by atoms with Gasteiger partial charge < -0.3 is 25.0 Å². The number of rotatable bonds is 9. The first-order valence-corrected chi connectivity index (χ1v) is 10.9. The van der Waals surface area contributed by atoms with Crippen LogP contribution in [0.5, 0.6) is 0 Å². The van der Waals surface area contributed by atoms with E-state index in [1.54, 1.807) is 60.1 Å². The molecular formula is C22H23N5O5S. The van der Waals surface area contributed by atoms with Crippen molar-refractivity contribution >= 4 is 35.2 Å². The minimum atomic E-state index is -0.764. The number of aromatic nitrogens is 3. The average Bonchev–Trinajstić information content (AvgIpc) is 3.21. The number of anilines is 1. The Morgan fingerprint density at radius 2 is 1.82 bits per heavy atom. The minimum Gasteiger partial charge on any atom is -0.465 e. The number of nitrogens with one attached hydrogen (secondary N) is 2. The lowest BCUT2D eigenvalue weighted by Crippen LogP contribution is -2.32. The van der Waals surface area contributed by atoms with E-state index in [4.69, 9.17) is 0 Å². The predicted octanol–water partition coefficient (Wildman–Crippen LogP) is 1.80. The van der Waals surface area contributed by atoms with Crippen molar-refractivity contribution in [2.45, 2.75) is 11.2 Å². The van der Waals surface area contributed by atoms with Crippen LogP contribution in [0.2, 0.25) is 0 Å². The van der Waals surface area contributed by atoms with Crippen LogP contribution in [-0.4, -0.2) is 57.1 Å². The molecule has 1 heterocycles. The molecule has 0 fully saturated rings. The topological polar surface area (TPSA) is 135 Å². The average molecular weight is 470 g/mol. The number of carbonyl (C=O) groups excluding carboxylic acids is 3. The van der Waals surface area contributed by atoms with Gasteiger partial charge in [-0.2, -0.15) is 0 Å². The number of amides is 2. The molecular weight excluding hydrogens is 446 g/mol. The number of esters is 1. The SMILES string of the molecule is COC(=O)c1cccc(NC(=O)CSc2nnc([C@H](CO)NC(=O)c3ccccc3)n2C)c1. The number of hydrogen-bond acceptors (Lipinski definition) is 8. The van der Waals surface area contributed by atoms with Crippen LogP contribution in [0.15, 0.2) is 59.8 Å². The van der Waals surface area contributed by atoms with Crippen LogP contribution in [0, 0.1) is 0 Å². The zero-order valence-corrected chi connectivity index (χ0v) is 18.8. The Labute approximate surface area is 194 Å². The number of carbonyl (C=O) groups is 3. The standard InChI is InChI=1S/C22H23N5O5S/c1-27-19(17(12-28)24-20(30)14-7-4-3-5-8-14)25-26-22(27)33-13-18(29)23-16-10-6-9-15(11-16)21(31)32-2/h3-11,17,28H,12-13H2,1-2H3,(H,23,29)(H,24,30)/t17-/m0/s1. The van der Waals surface area contributed by atoms with E-state index in [-0.39, 0.29) is 24.2 Å². The van der Waals surface area contributed by atoms with E-state index in [2.05, 4.69) is 25.6 Å². The summed E-state index contributed by atoms with van der Waals surface area (Å²) in [5, 5.41) is 23.8. The van der Waals surface area contributed by atoms with Crippen molar-refractivity contribution in [3.8, 4) is 0 Å². The van der Waals surface area contributed by atoms with Gasteiger partial charge in [-0.1, -0.05) is 36.0 Å². The van der Waals surface area contributed by atoms with Crippen LogP contribution >= 0.6 is 11.8 Å². The normalized spacial score (nSPS) is 11.5. The lowest BCUT2D eigenvalue weighted by Gasteiger charge is -2.16. The number of methoxy groups -OCH3 is 1. The van der Waals surface area contributed by atoms with Crippen LogP contribution in [0.25, 0.3) is 0 Å². The van der Waals surface area contributed by atoms with Gasteiger partial charge in [-0.15, -0.1) is 10.2 Å². The van der Waals surface area contributed by atoms with E-state index < -0.39 is 12.0 Å². The first-order chi connectivity index (χ1) is 15.9. The van der Waals surface area contributed by atoms with Gasteiger partial charge >= 0.3 is 5.97 Å². The fourth-order valence-electron chi connectivity index (χ4n) is 2.95. The quantitative estimate of drug-likeness (QED) is 0.319. The molecule has 0 saturated heterocycles. The molecule has 0 saturated carbocycles. The molecule has 0 spiro atoms. The summed E-state index contributed by atoms with van der Waals surface area (Å²) in [6.07, 6.45) is 0. The molecule has 10 nitrogen and oxygen atoms in total. The molecule has 0 aliphatic heterocycles. The highest BCUT2D eigenvalue weighted by Gasteiger charge is 2.22. The smallest absolute Gasteiger partial charge is 0.337 e. The van der Waals surface area contributed by atoms with Crippen molar-refractivity contribution in [3.63, 3.8) is 0 Å². The Kier molecular flexibility index (Phi) is 8.17. The molecule has 3 rings (SSSR count). The Morgan fingerprint density at radius 1 is 1.09 bits per heavy atom. The molecule has 11 heteroatoms. The van der Waals surface area contributed by atoms with Crippen molar-refractivity contribution in [1.82, 2.24) is 20.1 Å². The summed E-state index contributed by atoms with van der Waals surface area (Å²) in [7, 11) is 2.97. The molecule has 2 amide bonds. The molecule has 172 valence electrons. The maximum atomic E-state index is 12.4. The lowest BCUT2D eigenvalue weighted by molar-refractivity contribution is -0.113. The van der Waals surface area contributed by atoms with Gasteiger partial charge in [0.25, 0.3) is 5.91 Å². The Balaban J connectivity index is 1.60. The third-order valence-corrected chi connectivity index (χ3v) is 5.62. The number of hydrogen-bond donors (Lipinski definition) is 3. The number of benzene rings is 2. The van der Waals surface area contributed by atoms with Gasteiger partial charge in [-0.3, -0.25) is 9.59 Å². The van der Waals surface area contributed by atoms with E-state index >= 15 is 0 Å². The number of thioether (sulfide) groups is 1. The summed E-state index contributed by atoms with van der Waals surface area (Å²) in [4.78, 5) is 36.4. The number of ether oxygens (including phenoxy) is 1. The molecule has 3 N–H and O–H groups in total. The van der Waals surface area contributed by atoms with Crippen molar-refractivity contribution < 1.29 is 24.2 Å². The van der Waals surface area contributed by atoms with Crippen molar-refractivity contribution in [3.05, 3.63) is 71.5 Å². The first kappa shape index (κ1) is 24.0. The number of nitrogens with zero attached hydrogens (tertiary/aromatic N) is 3. The third kappa shape index (κ3) is 6.18. The van der Waals surface area contributed by atoms with Gasteiger partial charge in [0, 0.05) is 18.3 Å². The summed E-state index contributed by atoms with van der Waals surface area (Å²) < 4.78 is 6.29. The Bertz CT molecular complexity index is 1140. The fourth-order valence-corrected chi connectivity index (χ4v) is 3.67. The summed E-state index contributed by atoms with van der Waals surface area (Å²) >= 11 is 1.14. The van der Waals surface area contributed by atoms with Crippen molar-refractivity contribution in [2.24, 2.45) is 7.05 Å². The van der Waals surface area contributed by atoms with Crippen LogP contribution in [0.4, 0.5) is 5.69 Å². The molecule has 3 aromatic rings. The maximum Gasteiger partial charge on any atom is 0.337 e. The largest absolute Gasteiger partial charge is 0.465 e. The van der Waals surface area contributed by atoms with Gasteiger partial charge in [-0.25, -0.2) is 4.79 Å². The number of aliphatic hydroxyl groups is 1. The highest BCUT2D eigenvalue weighted by Crippen LogP contribution is 2.20. The maximum absolute atomic E-state index is 12.4. The molecule has 2 aromatic carbocycles. The zero-order chi connectivity index (χ0) is 23.8. The van der Waals surface area contributed by atoms with E-state index in [0.29, 0.717) is 27.8 Å². The van der Waals surface area contributed by atoms with Crippen molar-refractivity contribution in [1.29, 1.82) is 0 Å². The minimum absolute atomic E-state index is 0.0363. The Hall–Kier alpha value is -3.70. The second kappa shape index (κ2) is 11.2. The van der Waals surface area contributed by atoms with E-state index in [0.717, 1.165) is 11.8 Å². The second-order valence-electron chi connectivity index (χ2n) is 6.88. The van der Waals surface area contributed by atoms with Gasteiger partial charge in [0.05, 0.1) is 25.0 Å². The molecule has 0 bridgehead atoms. The van der Waals surface area contributed by atoms with Gasteiger partial charge in [0.2, 0.25) is 5.91 Å². The summed E-state index contributed by atoms with van der Waals surface area (Å²) in [5.74, 6) is -0.752. The van der Waals surface area contributed by atoms with Gasteiger partial charge in [-0.05, 0) is 30.3 Å². The number of aliphatic hydroxyl groups excluding tert-OH is 1. The van der Waals surface area contributed by atoms with Crippen LogP contribution in [0.3, 0.4) is 0 Å².